The average Bonchev–Trinajstić information content (AvgIpc) is 3.52. The highest BCUT2D eigenvalue weighted by molar-refractivity contribution is 6.05. The molecule has 0 aromatic heterocycles. The summed E-state index contributed by atoms with van der Waals surface area (Å²) in [7, 11) is 0. The number of carbonyl (C=O) groups excluding carboxylic acids is 3. The first-order valence-electron chi connectivity index (χ1n) is 13.1. The lowest BCUT2D eigenvalue weighted by Gasteiger charge is -2.39. The number of esters is 1. The zero-order valence-electron chi connectivity index (χ0n) is 22.0. The quantitative estimate of drug-likeness (QED) is 0.279. The number of allylic oxidation sites excluding steroid dienone is 1. The van der Waals surface area contributed by atoms with Gasteiger partial charge in [0.2, 0.25) is 5.91 Å². The largest absolute Gasteiger partial charge is 0.465 e. The number of hydrogen-bond donors (Lipinski definition) is 1. The molecule has 3 aliphatic heterocycles. The van der Waals surface area contributed by atoms with Crippen molar-refractivity contribution >= 4 is 23.5 Å². The van der Waals surface area contributed by atoms with Gasteiger partial charge in [0, 0.05) is 12.2 Å². The van der Waals surface area contributed by atoms with E-state index in [1.165, 1.54) is 4.90 Å². The Morgan fingerprint density at radius 1 is 1.30 bits per heavy atom. The van der Waals surface area contributed by atoms with E-state index in [2.05, 4.69) is 13.2 Å². The van der Waals surface area contributed by atoms with E-state index in [4.69, 9.17) is 9.47 Å². The second-order valence-electron chi connectivity index (χ2n) is 10.4. The molecule has 0 saturated carbocycles. The molecule has 0 aliphatic carbocycles. The molecule has 200 valence electrons. The number of fused-ring (bicyclic) bond motifs is 1. The Labute approximate surface area is 218 Å². The number of ether oxygens (including phenoxy) is 2. The molecule has 3 saturated heterocycles. The van der Waals surface area contributed by atoms with E-state index in [1.54, 1.807) is 24.0 Å². The Morgan fingerprint density at radius 3 is 2.62 bits per heavy atom. The normalized spacial score (nSPS) is 28.6. The second kappa shape index (κ2) is 10.8. The first-order valence-corrected chi connectivity index (χ1v) is 13.1. The Balaban J connectivity index is 1.74. The van der Waals surface area contributed by atoms with Crippen LogP contribution >= 0.6 is 0 Å². The molecule has 3 heterocycles. The Morgan fingerprint density at radius 2 is 2.00 bits per heavy atom. The maximum absolute atomic E-state index is 14.5. The van der Waals surface area contributed by atoms with Crippen molar-refractivity contribution in [2.75, 3.05) is 24.7 Å². The van der Waals surface area contributed by atoms with Gasteiger partial charge in [-0.15, -0.1) is 13.2 Å². The highest BCUT2D eigenvalue weighted by Crippen LogP contribution is 2.59. The molecule has 3 fully saturated rings. The summed E-state index contributed by atoms with van der Waals surface area (Å²) in [5.74, 6) is -2.70. The summed E-state index contributed by atoms with van der Waals surface area (Å²) in [6.07, 6.45) is 5.36. The SMILES string of the molecule is C=CCCCOC(=O)[C@@H]1[C@H]2C(=O)N([C@H](C)CO)C(C(=O)N(CC=C)c3c(C)cccc3C)C23CC[C@H]1O3. The third-order valence-electron chi connectivity index (χ3n) is 8.07. The van der Waals surface area contributed by atoms with Crippen molar-refractivity contribution in [3.05, 3.63) is 54.6 Å². The fourth-order valence-corrected chi connectivity index (χ4v) is 6.50. The number of carbonyl (C=O) groups is 3. The number of amides is 2. The molecule has 1 aromatic rings. The van der Waals surface area contributed by atoms with Crippen LogP contribution < -0.4 is 4.90 Å². The number of likely N-dealkylation sites (tertiary alicyclic amines) is 1. The number of aryl methyl sites for hydroxylation is 2. The van der Waals surface area contributed by atoms with E-state index in [9.17, 15) is 19.5 Å². The molecule has 6 atom stereocenters. The Kier molecular flexibility index (Phi) is 7.90. The summed E-state index contributed by atoms with van der Waals surface area (Å²) in [5, 5.41) is 10.1. The number of aliphatic hydroxyl groups is 1. The zero-order chi connectivity index (χ0) is 26.9. The maximum atomic E-state index is 14.5. The Hall–Kier alpha value is -2.97. The van der Waals surface area contributed by atoms with E-state index < -0.39 is 41.6 Å². The molecule has 37 heavy (non-hydrogen) atoms. The minimum Gasteiger partial charge on any atom is -0.465 e. The standard InChI is InChI=1S/C29H38N2O6/c1-6-8-9-16-36-28(35)22-21-13-14-29(37-21)23(22)26(33)31(20(5)17-32)25(29)27(34)30(15-7-2)24-18(3)11-10-12-19(24)4/h6-7,10-12,20-23,25,32H,1-2,8-9,13-17H2,3-5H3/t20-,21-,22+,23+,25?,29?/m1/s1. The third kappa shape index (κ3) is 4.40. The van der Waals surface area contributed by atoms with Gasteiger partial charge in [0.05, 0.1) is 37.2 Å². The van der Waals surface area contributed by atoms with E-state index in [-0.39, 0.29) is 31.6 Å². The second-order valence-corrected chi connectivity index (χ2v) is 10.4. The van der Waals surface area contributed by atoms with Gasteiger partial charge in [-0.25, -0.2) is 0 Å². The lowest BCUT2D eigenvalue weighted by atomic mass is 9.70. The van der Waals surface area contributed by atoms with Gasteiger partial charge in [-0.1, -0.05) is 30.4 Å². The van der Waals surface area contributed by atoms with Crippen molar-refractivity contribution < 1.29 is 29.0 Å². The van der Waals surface area contributed by atoms with Gasteiger partial charge < -0.3 is 24.4 Å². The van der Waals surface area contributed by atoms with Crippen LogP contribution in [0.4, 0.5) is 5.69 Å². The summed E-state index contributed by atoms with van der Waals surface area (Å²) in [5.41, 5.74) is 1.46. The van der Waals surface area contributed by atoms with E-state index >= 15 is 0 Å². The highest BCUT2D eigenvalue weighted by Gasteiger charge is 2.75. The Bertz CT molecular complexity index is 1070. The predicted octanol–water partition coefficient (Wildman–Crippen LogP) is 3.09. The van der Waals surface area contributed by atoms with Crippen molar-refractivity contribution in [3.8, 4) is 0 Å². The van der Waals surface area contributed by atoms with E-state index in [1.807, 2.05) is 32.0 Å². The van der Waals surface area contributed by atoms with Crippen molar-refractivity contribution in [1.29, 1.82) is 0 Å². The molecule has 4 rings (SSSR count). The van der Waals surface area contributed by atoms with Gasteiger partial charge in [-0.05, 0) is 57.6 Å². The van der Waals surface area contributed by atoms with Crippen LogP contribution in [0.2, 0.25) is 0 Å². The van der Waals surface area contributed by atoms with Crippen LogP contribution in [0.25, 0.3) is 0 Å². The minimum absolute atomic E-state index is 0.237. The molecule has 1 aromatic carbocycles. The number of unbranched alkanes of at least 4 members (excludes halogenated alkanes) is 1. The number of para-hydroxylation sites is 1. The minimum atomic E-state index is -1.15. The predicted molar refractivity (Wildman–Crippen MR) is 140 cm³/mol. The number of benzene rings is 1. The summed E-state index contributed by atoms with van der Waals surface area (Å²) in [6, 6.07) is 4.21. The van der Waals surface area contributed by atoms with Crippen molar-refractivity contribution in [1.82, 2.24) is 4.90 Å². The summed E-state index contributed by atoms with van der Waals surface area (Å²) < 4.78 is 12.0. The van der Waals surface area contributed by atoms with Gasteiger partial charge in [-0.2, -0.15) is 0 Å². The first-order chi connectivity index (χ1) is 17.7. The molecule has 1 spiro atoms. The molecule has 8 nitrogen and oxygen atoms in total. The summed E-state index contributed by atoms with van der Waals surface area (Å²) in [6.45, 7) is 13.3. The number of nitrogens with zero attached hydrogens (tertiary/aromatic N) is 2. The maximum Gasteiger partial charge on any atom is 0.312 e. The smallest absolute Gasteiger partial charge is 0.312 e. The molecule has 2 amide bonds. The van der Waals surface area contributed by atoms with Gasteiger partial charge in [0.1, 0.15) is 11.6 Å². The zero-order valence-corrected chi connectivity index (χ0v) is 22.0. The van der Waals surface area contributed by atoms with E-state index in [0.717, 1.165) is 23.2 Å². The molecule has 3 aliphatic rings. The van der Waals surface area contributed by atoms with Crippen molar-refractivity contribution in [2.24, 2.45) is 11.8 Å². The molecule has 1 N–H and O–H groups in total. The van der Waals surface area contributed by atoms with Crippen LogP contribution in [-0.4, -0.2) is 71.3 Å². The number of anilines is 1. The number of rotatable bonds is 11. The van der Waals surface area contributed by atoms with Crippen LogP contribution in [0.1, 0.15) is 43.7 Å². The van der Waals surface area contributed by atoms with Crippen LogP contribution in [0, 0.1) is 25.7 Å². The van der Waals surface area contributed by atoms with Crippen LogP contribution in [-0.2, 0) is 23.9 Å². The monoisotopic (exact) mass is 510 g/mol. The fourth-order valence-electron chi connectivity index (χ4n) is 6.50. The average molecular weight is 511 g/mol. The van der Waals surface area contributed by atoms with Gasteiger partial charge in [0.15, 0.2) is 0 Å². The topological polar surface area (TPSA) is 96.4 Å². The molecular weight excluding hydrogens is 472 g/mol. The number of aliphatic hydroxyl groups excluding tert-OH is 1. The lowest BCUT2D eigenvalue weighted by Crippen LogP contribution is -2.58. The molecule has 8 heteroatoms. The first kappa shape index (κ1) is 27.1. The fraction of sp³-hybridized carbons (Fsp3) is 0.552. The van der Waals surface area contributed by atoms with E-state index in [0.29, 0.717) is 19.3 Å². The van der Waals surface area contributed by atoms with Crippen LogP contribution in [0.15, 0.2) is 43.5 Å². The van der Waals surface area contributed by atoms with Gasteiger partial charge >= 0.3 is 5.97 Å². The lowest BCUT2D eigenvalue weighted by molar-refractivity contribution is -0.155. The van der Waals surface area contributed by atoms with Crippen LogP contribution in [0.5, 0.6) is 0 Å². The van der Waals surface area contributed by atoms with Gasteiger partial charge in [0.25, 0.3) is 5.91 Å². The van der Waals surface area contributed by atoms with Crippen LogP contribution in [0.3, 0.4) is 0 Å². The molecule has 2 unspecified atom stereocenters. The van der Waals surface area contributed by atoms with Crippen molar-refractivity contribution in [3.63, 3.8) is 0 Å². The van der Waals surface area contributed by atoms with Gasteiger partial charge in [-0.3, -0.25) is 14.4 Å². The van der Waals surface area contributed by atoms with Crippen molar-refractivity contribution in [2.45, 2.75) is 70.2 Å². The number of hydrogen-bond acceptors (Lipinski definition) is 6. The molecular formula is C29H38N2O6. The molecule has 0 radical (unpaired) electrons. The third-order valence-corrected chi connectivity index (χ3v) is 8.07. The molecule has 2 bridgehead atoms. The summed E-state index contributed by atoms with van der Waals surface area (Å²) in [4.78, 5) is 44.7. The highest BCUT2D eigenvalue weighted by atomic mass is 16.6. The summed E-state index contributed by atoms with van der Waals surface area (Å²) >= 11 is 0.